The van der Waals surface area contributed by atoms with E-state index in [-0.39, 0.29) is 29.7 Å². The van der Waals surface area contributed by atoms with E-state index in [1.54, 1.807) is 13.3 Å². The number of aromatic nitrogens is 2. The lowest BCUT2D eigenvalue weighted by molar-refractivity contribution is 0.0981. The van der Waals surface area contributed by atoms with E-state index in [4.69, 9.17) is 9.84 Å². The predicted octanol–water partition coefficient (Wildman–Crippen LogP) is 5.40. The number of anilines is 2. The summed E-state index contributed by atoms with van der Waals surface area (Å²) in [6.45, 7) is 13.8. The second-order valence-electron chi connectivity index (χ2n) is 10.4. The van der Waals surface area contributed by atoms with Crippen LogP contribution >= 0.6 is 7.14 Å². The molecule has 1 aliphatic carbocycles. The van der Waals surface area contributed by atoms with Gasteiger partial charge in [-0.05, 0) is 79.3 Å². The lowest BCUT2D eigenvalue weighted by atomic mass is 10.0. The van der Waals surface area contributed by atoms with E-state index in [1.807, 2.05) is 42.8 Å². The molecule has 1 amide bonds. The summed E-state index contributed by atoms with van der Waals surface area (Å²) < 4.78 is 20.1. The van der Waals surface area contributed by atoms with Crippen molar-refractivity contribution in [3.63, 3.8) is 0 Å². The maximum Gasteiger partial charge on any atom is 0.407 e. The van der Waals surface area contributed by atoms with Crippen molar-refractivity contribution in [3.8, 4) is 0 Å². The van der Waals surface area contributed by atoms with Gasteiger partial charge in [-0.2, -0.15) is 5.10 Å². The second kappa shape index (κ2) is 9.30. The molecule has 0 bridgehead atoms. The molecule has 1 fully saturated rings. The average molecular weight is 461 g/mol. The van der Waals surface area contributed by atoms with E-state index in [1.165, 1.54) is 0 Å². The summed E-state index contributed by atoms with van der Waals surface area (Å²) in [6.07, 6.45) is 2.11. The lowest BCUT2D eigenvalue weighted by Crippen LogP contribution is -2.33. The number of rotatable bonds is 6. The summed E-state index contributed by atoms with van der Waals surface area (Å²) in [5.74, 6) is 1.14. The van der Waals surface area contributed by atoms with Gasteiger partial charge in [0.25, 0.3) is 0 Å². The summed E-state index contributed by atoms with van der Waals surface area (Å²) >= 11 is 0. The fourth-order valence-electron chi connectivity index (χ4n) is 4.00. The van der Waals surface area contributed by atoms with Gasteiger partial charge in [0, 0.05) is 29.0 Å². The number of carbonyl (C=O) groups excluding carboxylic acids is 1. The van der Waals surface area contributed by atoms with Gasteiger partial charge >= 0.3 is 6.09 Å². The Morgan fingerprint density at radius 1 is 1.22 bits per heavy atom. The van der Waals surface area contributed by atoms with Gasteiger partial charge in [-0.1, -0.05) is 12.1 Å². The topological polar surface area (TPSA) is 85.3 Å². The fourth-order valence-corrected chi connectivity index (χ4v) is 4.90. The number of nitrogens with one attached hydrogen (secondary N) is 2. The number of hydrogen-bond donors (Lipinski definition) is 2. The van der Waals surface area contributed by atoms with E-state index >= 15 is 0 Å². The van der Waals surface area contributed by atoms with Gasteiger partial charge in [-0.15, -0.1) is 0 Å². The molecule has 0 aliphatic heterocycles. The van der Waals surface area contributed by atoms with Crippen molar-refractivity contribution in [1.29, 1.82) is 0 Å². The zero-order valence-corrected chi connectivity index (χ0v) is 21.2. The third-order valence-corrected chi connectivity index (χ3v) is 7.11. The molecule has 2 aromatic rings. The SMILES string of the molecule is CC(C)NC(=O)O[C@@H]1CC[C@H](c2cc(Nc3cccc(P(C)(C)=O)c3)n(C(C)(C)C)n2)C1. The molecular formula is C24H37N4O3P. The first-order valence-electron chi connectivity index (χ1n) is 11.3. The number of carbonyl (C=O) groups is 1. The first-order valence-corrected chi connectivity index (χ1v) is 13.9. The second-order valence-corrected chi connectivity index (χ2v) is 13.6. The van der Waals surface area contributed by atoms with Crippen LogP contribution in [0.15, 0.2) is 30.3 Å². The lowest BCUT2D eigenvalue weighted by Gasteiger charge is -2.23. The summed E-state index contributed by atoms with van der Waals surface area (Å²) in [5.41, 5.74) is 1.68. The molecule has 2 N–H and O–H groups in total. The minimum absolute atomic E-state index is 0.0589. The molecule has 1 aromatic heterocycles. The van der Waals surface area contributed by atoms with Crippen molar-refractivity contribution >= 4 is 30.0 Å². The van der Waals surface area contributed by atoms with E-state index < -0.39 is 7.14 Å². The van der Waals surface area contributed by atoms with Crippen LogP contribution in [0.2, 0.25) is 0 Å². The van der Waals surface area contributed by atoms with Crippen LogP contribution in [0, 0.1) is 0 Å². The minimum atomic E-state index is -2.34. The van der Waals surface area contributed by atoms with Crippen LogP contribution in [-0.2, 0) is 14.8 Å². The molecule has 1 aliphatic rings. The number of ether oxygens (including phenoxy) is 1. The van der Waals surface area contributed by atoms with Crippen molar-refractivity contribution in [2.75, 3.05) is 18.6 Å². The van der Waals surface area contributed by atoms with E-state index in [9.17, 15) is 9.36 Å². The maximum absolute atomic E-state index is 12.5. The van der Waals surface area contributed by atoms with Crippen LogP contribution in [0.5, 0.6) is 0 Å². The number of hydrogen-bond acceptors (Lipinski definition) is 5. The van der Waals surface area contributed by atoms with Crippen LogP contribution in [0.4, 0.5) is 16.3 Å². The maximum atomic E-state index is 12.5. The van der Waals surface area contributed by atoms with E-state index in [0.717, 1.165) is 41.8 Å². The minimum Gasteiger partial charge on any atom is -0.446 e. The molecule has 0 radical (unpaired) electrons. The Morgan fingerprint density at radius 2 is 1.94 bits per heavy atom. The van der Waals surface area contributed by atoms with Crippen LogP contribution in [0.25, 0.3) is 0 Å². The zero-order chi connectivity index (χ0) is 23.7. The Bertz CT molecular complexity index is 1000. The molecule has 0 unspecified atom stereocenters. The molecule has 8 heteroatoms. The molecule has 2 atom stereocenters. The zero-order valence-electron chi connectivity index (χ0n) is 20.3. The third kappa shape index (κ3) is 6.16. The quantitative estimate of drug-likeness (QED) is 0.564. The summed E-state index contributed by atoms with van der Waals surface area (Å²) in [6, 6.07) is 9.92. The molecule has 0 spiro atoms. The van der Waals surface area contributed by atoms with Gasteiger partial charge in [0.1, 0.15) is 19.1 Å². The van der Waals surface area contributed by atoms with Gasteiger partial charge < -0.3 is 19.9 Å². The number of amides is 1. The highest BCUT2D eigenvalue weighted by Gasteiger charge is 2.32. The molecular weight excluding hydrogens is 423 g/mol. The fraction of sp³-hybridized carbons (Fsp3) is 0.583. The van der Waals surface area contributed by atoms with E-state index in [0.29, 0.717) is 0 Å². The summed E-state index contributed by atoms with van der Waals surface area (Å²) in [7, 11) is -2.34. The van der Waals surface area contributed by atoms with Crippen molar-refractivity contribution in [2.24, 2.45) is 0 Å². The Morgan fingerprint density at radius 3 is 2.56 bits per heavy atom. The first-order chi connectivity index (χ1) is 14.8. The summed E-state index contributed by atoms with van der Waals surface area (Å²) in [5, 5.41) is 12.1. The molecule has 176 valence electrons. The Labute approximate surface area is 191 Å². The number of benzene rings is 1. The van der Waals surface area contributed by atoms with Crippen molar-refractivity contribution < 1.29 is 14.1 Å². The Kier molecular flexibility index (Phi) is 7.09. The van der Waals surface area contributed by atoms with Crippen LogP contribution in [0.1, 0.15) is 65.5 Å². The summed E-state index contributed by atoms with van der Waals surface area (Å²) in [4.78, 5) is 12.0. The molecule has 1 aromatic carbocycles. The number of nitrogens with zero attached hydrogens (tertiary/aromatic N) is 2. The standard InChI is InChI=1S/C24H37N4O3P/c1-16(2)25-23(29)31-19-12-11-17(13-19)21-15-22(28(27-21)24(3,4)5)26-18-9-8-10-20(14-18)32(6,7)30/h8-10,14-17,19,26H,11-13H2,1-7H3,(H,25,29)/t17-,19+/m0/s1. The highest BCUT2D eigenvalue weighted by atomic mass is 31.2. The predicted molar refractivity (Wildman–Crippen MR) is 131 cm³/mol. The van der Waals surface area contributed by atoms with Gasteiger partial charge in [0.15, 0.2) is 0 Å². The Hall–Kier alpha value is -2.27. The van der Waals surface area contributed by atoms with Crippen molar-refractivity contribution in [3.05, 3.63) is 36.0 Å². The van der Waals surface area contributed by atoms with Gasteiger partial charge in [-0.25, -0.2) is 9.48 Å². The number of alkyl carbamates (subject to hydrolysis) is 1. The average Bonchev–Trinajstić information content (AvgIpc) is 3.27. The highest BCUT2D eigenvalue weighted by molar-refractivity contribution is 7.70. The molecule has 1 heterocycles. The third-order valence-electron chi connectivity index (χ3n) is 5.59. The van der Waals surface area contributed by atoms with E-state index in [2.05, 4.69) is 37.5 Å². The molecule has 7 nitrogen and oxygen atoms in total. The molecule has 0 saturated heterocycles. The van der Waals surface area contributed by atoms with Crippen molar-refractivity contribution in [2.45, 2.75) is 77.5 Å². The van der Waals surface area contributed by atoms with Crippen LogP contribution < -0.4 is 15.9 Å². The van der Waals surface area contributed by atoms with Gasteiger partial charge in [0.2, 0.25) is 0 Å². The van der Waals surface area contributed by atoms with Crippen LogP contribution in [-0.4, -0.2) is 41.3 Å². The Balaban J connectivity index is 1.79. The first kappa shape index (κ1) is 24.4. The highest BCUT2D eigenvalue weighted by Crippen LogP contribution is 2.38. The molecule has 32 heavy (non-hydrogen) atoms. The molecule has 1 saturated carbocycles. The van der Waals surface area contributed by atoms with Crippen molar-refractivity contribution in [1.82, 2.24) is 15.1 Å². The monoisotopic (exact) mass is 460 g/mol. The largest absolute Gasteiger partial charge is 0.446 e. The normalized spacial score (nSPS) is 19.2. The van der Waals surface area contributed by atoms with Gasteiger partial charge in [0.05, 0.1) is 11.2 Å². The van der Waals surface area contributed by atoms with Gasteiger partial charge in [-0.3, -0.25) is 0 Å². The molecule has 3 rings (SSSR count). The van der Waals surface area contributed by atoms with Crippen LogP contribution in [0.3, 0.4) is 0 Å². The smallest absolute Gasteiger partial charge is 0.407 e.